The summed E-state index contributed by atoms with van der Waals surface area (Å²) in [5.41, 5.74) is 5.27. The smallest absolute Gasteiger partial charge is 0.215 e. The average Bonchev–Trinajstić information content (AvgIpc) is 1.95. The van der Waals surface area contributed by atoms with Crippen molar-refractivity contribution >= 4 is 10.0 Å². The van der Waals surface area contributed by atoms with E-state index < -0.39 is 15.3 Å². The summed E-state index contributed by atoms with van der Waals surface area (Å²) in [6.07, 6.45) is 3.07. The van der Waals surface area contributed by atoms with Gasteiger partial charge in [0, 0.05) is 12.6 Å². The summed E-state index contributed by atoms with van der Waals surface area (Å²) in [6.45, 7) is 1.81. The lowest BCUT2D eigenvalue weighted by Crippen LogP contribution is -2.45. The second kappa shape index (κ2) is 3.72. The molecule has 1 saturated carbocycles. The summed E-state index contributed by atoms with van der Waals surface area (Å²) in [5, 5.41) is -0.474. The number of hydrogen-bond donors (Lipinski definition) is 2. The van der Waals surface area contributed by atoms with Crippen molar-refractivity contribution in [3.8, 4) is 0 Å². The summed E-state index contributed by atoms with van der Waals surface area (Å²) >= 11 is 0. The van der Waals surface area contributed by atoms with Crippen LogP contribution in [-0.2, 0) is 10.0 Å². The van der Waals surface area contributed by atoms with E-state index in [2.05, 4.69) is 4.72 Å². The Morgan fingerprint density at radius 1 is 1.58 bits per heavy atom. The van der Waals surface area contributed by atoms with Gasteiger partial charge in [0.05, 0.1) is 5.25 Å². The van der Waals surface area contributed by atoms with Gasteiger partial charge in [-0.2, -0.15) is 0 Å². The van der Waals surface area contributed by atoms with Gasteiger partial charge >= 0.3 is 0 Å². The van der Waals surface area contributed by atoms with Crippen LogP contribution < -0.4 is 10.5 Å². The molecule has 1 rings (SSSR count). The van der Waals surface area contributed by atoms with Gasteiger partial charge < -0.3 is 5.73 Å². The molecular weight excluding hydrogens is 176 g/mol. The molecule has 1 unspecified atom stereocenters. The van der Waals surface area contributed by atoms with E-state index in [1.54, 1.807) is 6.92 Å². The van der Waals surface area contributed by atoms with Crippen LogP contribution >= 0.6 is 0 Å². The maximum Gasteiger partial charge on any atom is 0.215 e. The Kier molecular flexibility index (Phi) is 3.09. The van der Waals surface area contributed by atoms with Gasteiger partial charge in [0.1, 0.15) is 0 Å². The predicted octanol–water partition coefficient (Wildman–Crippen LogP) is -0.194. The fourth-order valence-electron chi connectivity index (χ4n) is 1.00. The van der Waals surface area contributed by atoms with Crippen LogP contribution in [0.2, 0.25) is 0 Å². The summed E-state index contributed by atoms with van der Waals surface area (Å²) in [4.78, 5) is 0. The second-order valence-electron chi connectivity index (χ2n) is 3.34. The fourth-order valence-corrected chi connectivity index (χ4v) is 2.19. The van der Waals surface area contributed by atoms with E-state index >= 15 is 0 Å². The van der Waals surface area contributed by atoms with Crippen LogP contribution in [0.5, 0.6) is 0 Å². The van der Waals surface area contributed by atoms with E-state index in [1.165, 1.54) is 0 Å². The van der Waals surface area contributed by atoms with Gasteiger partial charge in [0.25, 0.3) is 0 Å². The Morgan fingerprint density at radius 3 is 2.50 bits per heavy atom. The van der Waals surface area contributed by atoms with Gasteiger partial charge in [-0.1, -0.05) is 6.42 Å². The van der Waals surface area contributed by atoms with Crippen LogP contribution in [0.3, 0.4) is 0 Å². The highest BCUT2D eigenvalue weighted by Gasteiger charge is 2.26. The van der Waals surface area contributed by atoms with E-state index in [-0.39, 0.29) is 12.6 Å². The van der Waals surface area contributed by atoms with Crippen LogP contribution in [0.15, 0.2) is 0 Å². The molecule has 0 saturated heterocycles. The molecule has 1 atom stereocenters. The Hall–Kier alpha value is -0.130. The summed E-state index contributed by atoms with van der Waals surface area (Å²) in [5.74, 6) is 0. The third-order valence-electron chi connectivity index (χ3n) is 2.30. The van der Waals surface area contributed by atoms with Crippen molar-refractivity contribution in [2.75, 3.05) is 6.54 Å². The third-order valence-corrected chi connectivity index (χ3v) is 4.21. The maximum absolute atomic E-state index is 11.4. The molecule has 0 aliphatic heterocycles. The molecule has 0 radical (unpaired) electrons. The van der Waals surface area contributed by atoms with Crippen molar-refractivity contribution in [2.45, 2.75) is 37.5 Å². The van der Waals surface area contributed by atoms with Crippen molar-refractivity contribution in [3.05, 3.63) is 0 Å². The molecule has 12 heavy (non-hydrogen) atoms. The molecular formula is C7H16N2O2S. The van der Waals surface area contributed by atoms with Gasteiger partial charge in [-0.25, -0.2) is 13.1 Å². The van der Waals surface area contributed by atoms with Crippen LogP contribution in [0.1, 0.15) is 26.2 Å². The summed E-state index contributed by atoms with van der Waals surface area (Å²) in [6, 6.07) is 0.170. The number of rotatable bonds is 4. The van der Waals surface area contributed by atoms with E-state index in [9.17, 15) is 8.42 Å². The number of hydrogen-bond acceptors (Lipinski definition) is 3. The minimum absolute atomic E-state index is 0.170. The highest BCUT2D eigenvalue weighted by molar-refractivity contribution is 7.90. The molecule has 0 aromatic rings. The molecule has 0 heterocycles. The van der Waals surface area contributed by atoms with E-state index in [4.69, 9.17) is 5.73 Å². The minimum atomic E-state index is -3.15. The Morgan fingerprint density at radius 2 is 2.17 bits per heavy atom. The molecule has 0 aromatic carbocycles. The zero-order chi connectivity index (χ0) is 9.19. The van der Waals surface area contributed by atoms with Gasteiger partial charge in [0.15, 0.2) is 0 Å². The molecule has 1 aliphatic carbocycles. The van der Waals surface area contributed by atoms with Crippen molar-refractivity contribution in [3.63, 3.8) is 0 Å². The first-order chi connectivity index (χ1) is 5.56. The Balaban J connectivity index is 2.47. The third kappa shape index (κ3) is 2.18. The van der Waals surface area contributed by atoms with Crippen molar-refractivity contribution in [2.24, 2.45) is 5.73 Å². The number of nitrogens with two attached hydrogens (primary N) is 1. The Bertz CT molecular complexity index is 234. The molecule has 1 fully saturated rings. The van der Waals surface area contributed by atoms with Gasteiger partial charge in [-0.3, -0.25) is 0 Å². The molecule has 4 nitrogen and oxygen atoms in total. The molecule has 0 amide bonds. The first-order valence-electron chi connectivity index (χ1n) is 4.27. The van der Waals surface area contributed by atoms with E-state index in [0.717, 1.165) is 19.3 Å². The molecule has 3 N–H and O–H groups in total. The normalized spacial score (nSPS) is 21.8. The SMILES string of the molecule is CC(CN)S(=O)(=O)NC1CCC1. The van der Waals surface area contributed by atoms with E-state index in [0.29, 0.717) is 0 Å². The van der Waals surface area contributed by atoms with Crippen molar-refractivity contribution < 1.29 is 8.42 Å². The highest BCUT2D eigenvalue weighted by Crippen LogP contribution is 2.19. The van der Waals surface area contributed by atoms with Gasteiger partial charge in [-0.15, -0.1) is 0 Å². The molecule has 72 valence electrons. The monoisotopic (exact) mass is 192 g/mol. The highest BCUT2D eigenvalue weighted by atomic mass is 32.2. The molecule has 0 bridgehead atoms. The lowest BCUT2D eigenvalue weighted by atomic mass is 9.94. The molecule has 5 heteroatoms. The lowest BCUT2D eigenvalue weighted by molar-refractivity contribution is 0.382. The first kappa shape index (κ1) is 9.95. The van der Waals surface area contributed by atoms with Crippen molar-refractivity contribution in [1.82, 2.24) is 4.72 Å². The summed E-state index contributed by atoms with van der Waals surface area (Å²) < 4.78 is 25.4. The summed E-state index contributed by atoms with van der Waals surface area (Å²) in [7, 11) is -3.15. The largest absolute Gasteiger partial charge is 0.329 e. The minimum Gasteiger partial charge on any atom is -0.329 e. The molecule has 0 spiro atoms. The first-order valence-corrected chi connectivity index (χ1v) is 5.82. The Labute approximate surface area is 73.6 Å². The fraction of sp³-hybridized carbons (Fsp3) is 1.00. The number of sulfonamides is 1. The predicted molar refractivity (Wildman–Crippen MR) is 48.2 cm³/mol. The van der Waals surface area contributed by atoms with Crippen LogP contribution in [0.25, 0.3) is 0 Å². The number of nitrogens with one attached hydrogen (secondary N) is 1. The zero-order valence-electron chi connectivity index (χ0n) is 7.29. The van der Waals surface area contributed by atoms with Crippen LogP contribution in [0.4, 0.5) is 0 Å². The average molecular weight is 192 g/mol. The van der Waals surface area contributed by atoms with E-state index in [1.807, 2.05) is 0 Å². The molecule has 0 aromatic heterocycles. The quantitative estimate of drug-likeness (QED) is 0.648. The lowest BCUT2D eigenvalue weighted by Gasteiger charge is -2.27. The standard InChI is InChI=1S/C7H16N2O2S/c1-6(5-8)12(10,11)9-7-3-2-4-7/h6-7,9H,2-5,8H2,1H3. The second-order valence-corrected chi connectivity index (χ2v) is 5.47. The van der Waals surface area contributed by atoms with Crippen LogP contribution in [0, 0.1) is 0 Å². The van der Waals surface area contributed by atoms with Crippen molar-refractivity contribution in [1.29, 1.82) is 0 Å². The van der Waals surface area contributed by atoms with Gasteiger partial charge in [-0.05, 0) is 19.8 Å². The molecule has 1 aliphatic rings. The zero-order valence-corrected chi connectivity index (χ0v) is 8.10. The van der Waals surface area contributed by atoms with Gasteiger partial charge in [0.2, 0.25) is 10.0 Å². The topological polar surface area (TPSA) is 72.2 Å². The van der Waals surface area contributed by atoms with Crippen LogP contribution in [-0.4, -0.2) is 26.3 Å². The maximum atomic E-state index is 11.4.